The summed E-state index contributed by atoms with van der Waals surface area (Å²) in [5.74, 6) is 0.319. The third-order valence-electron chi connectivity index (χ3n) is 4.35. The van der Waals surface area contributed by atoms with Crippen molar-refractivity contribution in [2.75, 3.05) is 5.75 Å². The van der Waals surface area contributed by atoms with Crippen molar-refractivity contribution in [1.29, 1.82) is 0 Å². The number of Topliss-reactive ketones (excluding diaryl/α,β-unsaturated/α-hetero) is 1. The van der Waals surface area contributed by atoms with Gasteiger partial charge in [0.1, 0.15) is 5.82 Å². The predicted octanol–water partition coefficient (Wildman–Crippen LogP) is 4.07. The smallest absolute Gasteiger partial charge is 0.209 e. The van der Waals surface area contributed by atoms with Crippen LogP contribution in [-0.4, -0.2) is 26.7 Å². The first-order valence-electron chi connectivity index (χ1n) is 8.16. The van der Waals surface area contributed by atoms with E-state index in [0.29, 0.717) is 16.5 Å². The van der Waals surface area contributed by atoms with Gasteiger partial charge in [-0.2, -0.15) is 0 Å². The first kappa shape index (κ1) is 16.0. The first-order chi connectivity index (χ1) is 12.2. The molecule has 4 rings (SSSR count). The molecule has 0 fully saturated rings. The van der Waals surface area contributed by atoms with Gasteiger partial charge in [0.25, 0.3) is 0 Å². The van der Waals surface area contributed by atoms with Crippen molar-refractivity contribution in [2.45, 2.75) is 24.4 Å². The van der Waals surface area contributed by atoms with Crippen LogP contribution in [0.3, 0.4) is 0 Å². The van der Waals surface area contributed by atoms with Crippen LogP contribution in [0.25, 0.3) is 11.4 Å². The van der Waals surface area contributed by atoms with E-state index in [1.807, 2.05) is 12.1 Å². The SMILES string of the molecule is O=C(CSc1n[nH]c(-c2ccccc2F)n1)c1ccc2c(c1)CCC2. The van der Waals surface area contributed by atoms with Crippen LogP contribution in [0.5, 0.6) is 0 Å². The fourth-order valence-electron chi connectivity index (χ4n) is 3.04. The van der Waals surface area contributed by atoms with E-state index in [4.69, 9.17) is 0 Å². The van der Waals surface area contributed by atoms with Crippen LogP contribution >= 0.6 is 11.8 Å². The second-order valence-corrected chi connectivity index (χ2v) is 6.94. The van der Waals surface area contributed by atoms with Gasteiger partial charge in [-0.05, 0) is 48.6 Å². The lowest BCUT2D eigenvalue weighted by atomic mass is 10.0. The summed E-state index contributed by atoms with van der Waals surface area (Å²) in [6, 6.07) is 12.3. The summed E-state index contributed by atoms with van der Waals surface area (Å²) >= 11 is 1.25. The molecule has 0 radical (unpaired) electrons. The Hall–Kier alpha value is -2.47. The van der Waals surface area contributed by atoms with E-state index in [1.54, 1.807) is 18.2 Å². The van der Waals surface area contributed by atoms with Crippen molar-refractivity contribution in [3.05, 3.63) is 65.0 Å². The number of carbonyl (C=O) groups is 1. The van der Waals surface area contributed by atoms with Gasteiger partial charge in [0.15, 0.2) is 11.6 Å². The molecule has 0 saturated heterocycles. The zero-order chi connectivity index (χ0) is 17.2. The summed E-state index contributed by atoms with van der Waals surface area (Å²) in [5.41, 5.74) is 3.74. The topological polar surface area (TPSA) is 58.6 Å². The number of halogens is 1. The molecule has 0 bridgehead atoms. The molecule has 0 amide bonds. The second kappa shape index (κ2) is 6.80. The number of carbonyl (C=O) groups excluding carboxylic acids is 1. The third-order valence-corrected chi connectivity index (χ3v) is 5.19. The minimum atomic E-state index is -0.357. The number of ketones is 1. The Morgan fingerprint density at radius 3 is 2.88 bits per heavy atom. The minimum Gasteiger partial charge on any atom is -0.293 e. The Morgan fingerprint density at radius 1 is 1.16 bits per heavy atom. The first-order valence-corrected chi connectivity index (χ1v) is 9.14. The van der Waals surface area contributed by atoms with E-state index in [9.17, 15) is 9.18 Å². The number of aryl methyl sites for hydroxylation is 2. The fourth-order valence-corrected chi connectivity index (χ4v) is 3.74. The Kier molecular flexibility index (Phi) is 4.36. The van der Waals surface area contributed by atoms with Crippen LogP contribution < -0.4 is 0 Å². The number of benzene rings is 2. The zero-order valence-electron chi connectivity index (χ0n) is 13.5. The highest BCUT2D eigenvalue weighted by Crippen LogP contribution is 2.25. The molecule has 4 nitrogen and oxygen atoms in total. The summed E-state index contributed by atoms with van der Waals surface area (Å²) in [7, 11) is 0. The van der Waals surface area contributed by atoms with Crippen molar-refractivity contribution in [2.24, 2.45) is 0 Å². The van der Waals surface area contributed by atoms with Crippen LogP contribution in [-0.2, 0) is 12.8 Å². The monoisotopic (exact) mass is 353 g/mol. The summed E-state index contributed by atoms with van der Waals surface area (Å²) < 4.78 is 13.8. The molecule has 0 atom stereocenters. The van der Waals surface area contributed by atoms with Gasteiger partial charge in [0.05, 0.1) is 11.3 Å². The van der Waals surface area contributed by atoms with Crippen LogP contribution in [0.2, 0.25) is 0 Å². The zero-order valence-corrected chi connectivity index (χ0v) is 14.3. The third kappa shape index (κ3) is 3.35. The summed E-state index contributed by atoms with van der Waals surface area (Å²) in [4.78, 5) is 16.7. The number of fused-ring (bicyclic) bond motifs is 1. The van der Waals surface area contributed by atoms with Gasteiger partial charge >= 0.3 is 0 Å². The molecule has 1 aliphatic rings. The van der Waals surface area contributed by atoms with E-state index in [0.717, 1.165) is 24.8 Å². The second-order valence-electron chi connectivity index (χ2n) is 6.00. The van der Waals surface area contributed by atoms with Crippen molar-refractivity contribution in [1.82, 2.24) is 15.2 Å². The summed E-state index contributed by atoms with van der Waals surface area (Å²) in [5, 5.41) is 7.23. The molecule has 0 unspecified atom stereocenters. The number of nitrogens with one attached hydrogen (secondary N) is 1. The van der Waals surface area contributed by atoms with Crippen molar-refractivity contribution >= 4 is 17.5 Å². The van der Waals surface area contributed by atoms with E-state index in [-0.39, 0.29) is 17.4 Å². The van der Waals surface area contributed by atoms with Gasteiger partial charge in [0.2, 0.25) is 5.16 Å². The van der Waals surface area contributed by atoms with Crippen LogP contribution in [0.4, 0.5) is 4.39 Å². The standard InChI is InChI=1S/C19H16FN3OS/c20-16-7-2-1-6-15(16)18-21-19(23-22-18)25-11-17(24)14-9-8-12-4-3-5-13(12)10-14/h1-2,6-10H,3-5,11H2,(H,21,22,23). The molecule has 25 heavy (non-hydrogen) atoms. The lowest BCUT2D eigenvalue weighted by molar-refractivity contribution is 0.102. The number of thioether (sulfide) groups is 1. The lowest BCUT2D eigenvalue weighted by Gasteiger charge is -2.03. The summed E-state index contributed by atoms with van der Waals surface area (Å²) in [6.07, 6.45) is 3.32. The molecular formula is C19H16FN3OS. The molecule has 0 aliphatic heterocycles. The van der Waals surface area contributed by atoms with E-state index in [1.165, 1.54) is 29.0 Å². The average molecular weight is 353 g/mol. The summed E-state index contributed by atoms with van der Waals surface area (Å²) in [6.45, 7) is 0. The fraction of sp³-hybridized carbons (Fsp3) is 0.211. The van der Waals surface area contributed by atoms with E-state index in [2.05, 4.69) is 21.2 Å². The molecule has 126 valence electrons. The van der Waals surface area contributed by atoms with Crippen LogP contribution in [0, 0.1) is 5.82 Å². The Labute approximate surface area is 148 Å². The highest BCUT2D eigenvalue weighted by molar-refractivity contribution is 7.99. The van der Waals surface area contributed by atoms with Crippen molar-refractivity contribution in [3.63, 3.8) is 0 Å². The largest absolute Gasteiger partial charge is 0.293 e. The maximum atomic E-state index is 13.8. The number of aromatic nitrogens is 3. The minimum absolute atomic E-state index is 0.0527. The molecule has 0 spiro atoms. The maximum Gasteiger partial charge on any atom is 0.209 e. The van der Waals surface area contributed by atoms with Gasteiger partial charge in [-0.25, -0.2) is 9.37 Å². The Balaban J connectivity index is 1.43. The van der Waals surface area contributed by atoms with Crippen LogP contribution in [0.1, 0.15) is 27.9 Å². The van der Waals surface area contributed by atoms with Crippen molar-refractivity contribution in [3.8, 4) is 11.4 Å². The molecule has 1 heterocycles. The van der Waals surface area contributed by atoms with Gasteiger partial charge in [-0.1, -0.05) is 36.0 Å². The number of H-pyrrole nitrogens is 1. The molecule has 3 aromatic rings. The Bertz CT molecular complexity index is 938. The number of aromatic amines is 1. The molecule has 1 aliphatic carbocycles. The van der Waals surface area contributed by atoms with Gasteiger partial charge in [-0.3, -0.25) is 9.89 Å². The normalized spacial score (nSPS) is 13.0. The van der Waals surface area contributed by atoms with E-state index < -0.39 is 0 Å². The molecule has 1 N–H and O–H groups in total. The molecular weight excluding hydrogens is 337 g/mol. The van der Waals surface area contributed by atoms with Gasteiger partial charge in [-0.15, -0.1) is 5.10 Å². The number of rotatable bonds is 5. The molecule has 6 heteroatoms. The van der Waals surface area contributed by atoms with E-state index >= 15 is 0 Å². The van der Waals surface area contributed by atoms with Gasteiger partial charge in [0, 0.05) is 5.56 Å². The predicted molar refractivity (Wildman–Crippen MR) is 95.3 cm³/mol. The highest BCUT2D eigenvalue weighted by Gasteiger charge is 2.15. The molecule has 1 aromatic heterocycles. The van der Waals surface area contributed by atoms with Crippen molar-refractivity contribution < 1.29 is 9.18 Å². The number of hydrogen-bond acceptors (Lipinski definition) is 4. The quantitative estimate of drug-likeness (QED) is 0.555. The van der Waals surface area contributed by atoms with Gasteiger partial charge < -0.3 is 0 Å². The number of hydrogen-bond donors (Lipinski definition) is 1. The Morgan fingerprint density at radius 2 is 2.00 bits per heavy atom. The molecule has 0 saturated carbocycles. The average Bonchev–Trinajstić information content (AvgIpc) is 3.28. The number of nitrogens with zero attached hydrogens (tertiary/aromatic N) is 2. The maximum absolute atomic E-state index is 13.8. The molecule has 2 aromatic carbocycles. The van der Waals surface area contributed by atoms with Crippen LogP contribution in [0.15, 0.2) is 47.6 Å². The highest BCUT2D eigenvalue weighted by atomic mass is 32.2. The lowest BCUT2D eigenvalue weighted by Crippen LogP contribution is -2.03.